The van der Waals surface area contributed by atoms with Gasteiger partial charge >= 0.3 is 0 Å². The number of hydrogen-bond donors (Lipinski definition) is 0. The fourth-order valence-electron chi connectivity index (χ4n) is 1.98. The van der Waals surface area contributed by atoms with Crippen LogP contribution < -0.4 is 9.47 Å². The summed E-state index contributed by atoms with van der Waals surface area (Å²) in [7, 11) is 3.09. The highest BCUT2D eigenvalue weighted by atomic mass is 35.5. The van der Waals surface area contributed by atoms with Crippen LogP contribution in [0.2, 0.25) is 5.02 Å². The third-order valence-corrected chi connectivity index (χ3v) is 3.33. The Labute approximate surface area is 123 Å². The van der Waals surface area contributed by atoms with Crippen LogP contribution in [0.1, 0.15) is 21.5 Å². The molecule has 3 nitrogen and oxygen atoms in total. The van der Waals surface area contributed by atoms with E-state index < -0.39 is 0 Å². The van der Waals surface area contributed by atoms with E-state index in [0.717, 1.165) is 5.56 Å². The van der Waals surface area contributed by atoms with Gasteiger partial charge in [-0.2, -0.15) is 0 Å². The zero-order chi connectivity index (χ0) is 14.7. The molecule has 0 atom stereocenters. The molecule has 0 heterocycles. The smallest absolute Gasteiger partial charge is 0.197 e. The molecule has 0 aliphatic carbocycles. The number of benzene rings is 2. The molecule has 0 saturated carbocycles. The predicted octanol–water partition coefficient (Wildman–Crippen LogP) is 3.90. The summed E-state index contributed by atoms with van der Waals surface area (Å²) in [6.07, 6.45) is 0. The van der Waals surface area contributed by atoms with E-state index in [1.165, 1.54) is 7.11 Å². The molecule has 104 valence electrons. The molecule has 0 aromatic heterocycles. The first-order chi connectivity index (χ1) is 9.56. The first-order valence-electron chi connectivity index (χ1n) is 6.09. The first-order valence-corrected chi connectivity index (χ1v) is 6.47. The zero-order valence-corrected chi connectivity index (χ0v) is 12.3. The Morgan fingerprint density at radius 2 is 1.75 bits per heavy atom. The van der Waals surface area contributed by atoms with Crippen molar-refractivity contribution in [3.63, 3.8) is 0 Å². The highest BCUT2D eigenvalue weighted by Crippen LogP contribution is 2.28. The molecule has 0 fully saturated rings. The van der Waals surface area contributed by atoms with E-state index in [9.17, 15) is 4.79 Å². The zero-order valence-electron chi connectivity index (χ0n) is 11.6. The van der Waals surface area contributed by atoms with Gasteiger partial charge in [-0.1, -0.05) is 17.7 Å². The molecule has 0 radical (unpaired) electrons. The van der Waals surface area contributed by atoms with Gasteiger partial charge in [0.05, 0.1) is 19.8 Å². The number of carbonyl (C=O) groups is 1. The molecule has 0 unspecified atom stereocenters. The second-order valence-electron chi connectivity index (χ2n) is 4.35. The van der Waals surface area contributed by atoms with Crippen LogP contribution >= 0.6 is 11.6 Å². The third-order valence-electron chi connectivity index (χ3n) is 3.10. The molecule has 0 saturated heterocycles. The van der Waals surface area contributed by atoms with Gasteiger partial charge in [-0.15, -0.1) is 0 Å². The maximum atomic E-state index is 12.7. The molecule has 2 aromatic carbocycles. The van der Waals surface area contributed by atoms with E-state index in [2.05, 4.69) is 0 Å². The summed E-state index contributed by atoms with van der Waals surface area (Å²) >= 11 is 5.97. The number of ether oxygens (including phenoxy) is 2. The Balaban J connectivity index is 2.54. The van der Waals surface area contributed by atoms with Crippen LogP contribution in [0.25, 0.3) is 0 Å². The third kappa shape index (κ3) is 2.78. The van der Waals surface area contributed by atoms with Gasteiger partial charge in [0, 0.05) is 10.6 Å². The standard InChI is InChI=1S/C16H15ClO3/c1-10-4-5-11(17)8-13(10)16(18)14-9-12(19-2)6-7-15(14)20-3/h4-9H,1-3H3. The summed E-state index contributed by atoms with van der Waals surface area (Å²) in [6, 6.07) is 10.4. The quantitative estimate of drug-likeness (QED) is 0.801. The number of methoxy groups -OCH3 is 2. The minimum absolute atomic E-state index is 0.138. The minimum atomic E-state index is -0.138. The highest BCUT2D eigenvalue weighted by molar-refractivity contribution is 6.31. The molecule has 0 amide bonds. The van der Waals surface area contributed by atoms with Crippen molar-refractivity contribution in [3.05, 3.63) is 58.1 Å². The second kappa shape index (κ2) is 5.97. The SMILES string of the molecule is COc1ccc(OC)c(C(=O)c2cc(Cl)ccc2C)c1. The lowest BCUT2D eigenvalue weighted by atomic mass is 9.98. The lowest BCUT2D eigenvalue weighted by molar-refractivity contribution is 0.103. The molecule has 0 aliphatic heterocycles. The van der Waals surface area contributed by atoms with E-state index in [1.54, 1.807) is 37.4 Å². The maximum absolute atomic E-state index is 12.7. The van der Waals surface area contributed by atoms with Crippen molar-refractivity contribution in [1.82, 2.24) is 0 Å². The maximum Gasteiger partial charge on any atom is 0.197 e. The van der Waals surface area contributed by atoms with E-state index in [-0.39, 0.29) is 5.78 Å². The molecule has 0 N–H and O–H groups in total. The molecule has 20 heavy (non-hydrogen) atoms. The van der Waals surface area contributed by atoms with E-state index in [1.807, 2.05) is 13.0 Å². The average molecular weight is 291 g/mol. The van der Waals surface area contributed by atoms with Gasteiger partial charge in [0.1, 0.15) is 11.5 Å². The molecule has 0 aliphatic rings. The summed E-state index contributed by atoms with van der Waals surface area (Å²) in [5.74, 6) is 0.977. The van der Waals surface area contributed by atoms with Crippen molar-refractivity contribution in [1.29, 1.82) is 0 Å². The van der Waals surface area contributed by atoms with E-state index >= 15 is 0 Å². The van der Waals surface area contributed by atoms with Crippen LogP contribution in [0.4, 0.5) is 0 Å². The van der Waals surface area contributed by atoms with Gasteiger partial charge in [0.15, 0.2) is 5.78 Å². The van der Waals surface area contributed by atoms with Gasteiger partial charge in [0.2, 0.25) is 0 Å². The first kappa shape index (κ1) is 14.4. The van der Waals surface area contributed by atoms with Crippen LogP contribution in [0.3, 0.4) is 0 Å². The Morgan fingerprint density at radius 3 is 2.40 bits per heavy atom. The van der Waals surface area contributed by atoms with Crippen molar-refractivity contribution in [2.24, 2.45) is 0 Å². The van der Waals surface area contributed by atoms with Crippen molar-refractivity contribution >= 4 is 17.4 Å². The van der Waals surface area contributed by atoms with Crippen LogP contribution in [0, 0.1) is 6.92 Å². The van der Waals surface area contributed by atoms with Gasteiger partial charge in [0.25, 0.3) is 0 Å². The van der Waals surface area contributed by atoms with E-state index in [4.69, 9.17) is 21.1 Å². The molecular formula is C16H15ClO3. The Kier molecular flexibility index (Phi) is 4.30. The number of aryl methyl sites for hydroxylation is 1. The minimum Gasteiger partial charge on any atom is -0.497 e. The number of carbonyl (C=O) groups excluding carboxylic acids is 1. The van der Waals surface area contributed by atoms with Gasteiger partial charge in [-0.25, -0.2) is 0 Å². The van der Waals surface area contributed by atoms with Crippen LogP contribution in [0.5, 0.6) is 11.5 Å². The summed E-state index contributed by atoms with van der Waals surface area (Å²) in [4.78, 5) is 12.7. The molecule has 0 bridgehead atoms. The molecule has 0 spiro atoms. The van der Waals surface area contributed by atoms with Crippen LogP contribution in [0.15, 0.2) is 36.4 Å². The van der Waals surface area contributed by atoms with Crippen molar-refractivity contribution in [2.75, 3.05) is 14.2 Å². The second-order valence-corrected chi connectivity index (χ2v) is 4.79. The summed E-state index contributed by atoms with van der Waals surface area (Å²) in [5, 5.41) is 0.529. The van der Waals surface area contributed by atoms with Crippen molar-refractivity contribution in [2.45, 2.75) is 6.92 Å². The molecule has 4 heteroatoms. The number of hydrogen-bond acceptors (Lipinski definition) is 3. The molecule has 2 rings (SSSR count). The topological polar surface area (TPSA) is 35.5 Å². The fraction of sp³-hybridized carbons (Fsp3) is 0.188. The highest BCUT2D eigenvalue weighted by Gasteiger charge is 2.17. The van der Waals surface area contributed by atoms with E-state index in [0.29, 0.717) is 27.6 Å². The summed E-state index contributed by atoms with van der Waals surface area (Å²) in [5.41, 5.74) is 1.88. The van der Waals surface area contributed by atoms with Crippen LogP contribution in [-0.2, 0) is 0 Å². The van der Waals surface area contributed by atoms with Crippen molar-refractivity contribution < 1.29 is 14.3 Å². The molecule has 2 aromatic rings. The lowest BCUT2D eigenvalue weighted by Gasteiger charge is -2.11. The summed E-state index contributed by atoms with van der Waals surface area (Å²) < 4.78 is 10.4. The largest absolute Gasteiger partial charge is 0.497 e. The summed E-state index contributed by atoms with van der Waals surface area (Å²) in [6.45, 7) is 1.87. The average Bonchev–Trinajstić information content (AvgIpc) is 2.48. The predicted molar refractivity (Wildman–Crippen MR) is 79.2 cm³/mol. The fourth-order valence-corrected chi connectivity index (χ4v) is 2.15. The lowest BCUT2D eigenvalue weighted by Crippen LogP contribution is -2.06. The Bertz CT molecular complexity index is 650. The monoisotopic (exact) mass is 290 g/mol. The van der Waals surface area contributed by atoms with Gasteiger partial charge < -0.3 is 9.47 Å². The normalized spacial score (nSPS) is 10.2. The van der Waals surface area contributed by atoms with Crippen LogP contribution in [-0.4, -0.2) is 20.0 Å². The van der Waals surface area contributed by atoms with Gasteiger partial charge in [-0.3, -0.25) is 4.79 Å². The Hall–Kier alpha value is -2.00. The Morgan fingerprint density at radius 1 is 1.00 bits per heavy atom. The number of halogens is 1. The number of rotatable bonds is 4. The molecular weight excluding hydrogens is 276 g/mol. The number of ketones is 1. The van der Waals surface area contributed by atoms with Gasteiger partial charge in [-0.05, 0) is 42.8 Å². The van der Waals surface area contributed by atoms with Crippen molar-refractivity contribution in [3.8, 4) is 11.5 Å².